The predicted molar refractivity (Wildman–Crippen MR) is 75.9 cm³/mol. The molecule has 3 aromatic rings. The van der Waals surface area contributed by atoms with Crippen LogP contribution in [0.3, 0.4) is 0 Å². The number of aromatic nitrogens is 4. The molecule has 1 aromatic carbocycles. The molecule has 20 heavy (non-hydrogen) atoms. The number of nitrogens with zero attached hydrogens (tertiary/aromatic N) is 3. The van der Waals surface area contributed by atoms with E-state index in [-0.39, 0.29) is 5.69 Å². The Balaban J connectivity index is 2.07. The van der Waals surface area contributed by atoms with Crippen molar-refractivity contribution in [3.05, 3.63) is 35.4 Å². The van der Waals surface area contributed by atoms with Crippen LogP contribution >= 0.6 is 11.6 Å². The van der Waals surface area contributed by atoms with Crippen LogP contribution in [-0.4, -0.2) is 27.0 Å². The molecule has 0 saturated heterocycles. The lowest BCUT2D eigenvalue weighted by atomic mass is 10.3. The number of aromatic amines is 1. The van der Waals surface area contributed by atoms with Gasteiger partial charge in [0, 0.05) is 12.1 Å². The third-order valence-corrected chi connectivity index (χ3v) is 2.93. The first kappa shape index (κ1) is 12.6. The summed E-state index contributed by atoms with van der Waals surface area (Å²) in [4.78, 5) is 15.4. The fraction of sp³-hybridized carbons (Fsp3) is 0.0833. The molecule has 3 rings (SSSR count). The second kappa shape index (κ2) is 4.93. The van der Waals surface area contributed by atoms with Gasteiger partial charge in [-0.25, -0.2) is 9.37 Å². The van der Waals surface area contributed by atoms with Gasteiger partial charge in [-0.3, -0.25) is 0 Å². The Morgan fingerprint density at radius 2 is 2.15 bits per heavy atom. The molecule has 8 heteroatoms. The molecule has 0 aliphatic carbocycles. The van der Waals surface area contributed by atoms with E-state index in [2.05, 4.69) is 30.6 Å². The molecule has 2 heterocycles. The predicted octanol–water partition coefficient (Wildman–Crippen LogP) is 2.93. The van der Waals surface area contributed by atoms with Crippen LogP contribution in [0.15, 0.2) is 24.5 Å². The number of rotatable bonds is 3. The van der Waals surface area contributed by atoms with E-state index in [4.69, 9.17) is 11.6 Å². The van der Waals surface area contributed by atoms with Gasteiger partial charge in [-0.1, -0.05) is 11.6 Å². The van der Waals surface area contributed by atoms with Crippen LogP contribution in [0, 0.1) is 5.82 Å². The number of fused-ring (bicyclic) bond motifs is 1. The largest absolute Gasteiger partial charge is 0.357 e. The third-order valence-electron chi connectivity index (χ3n) is 2.69. The van der Waals surface area contributed by atoms with Crippen LogP contribution in [0.2, 0.25) is 5.02 Å². The summed E-state index contributed by atoms with van der Waals surface area (Å²) >= 11 is 5.73. The van der Waals surface area contributed by atoms with Gasteiger partial charge in [-0.05, 0) is 18.2 Å². The normalized spacial score (nSPS) is 10.8. The lowest BCUT2D eigenvalue weighted by Gasteiger charge is -2.09. The minimum absolute atomic E-state index is 0.269. The molecule has 0 saturated carbocycles. The molecule has 0 unspecified atom stereocenters. The zero-order valence-corrected chi connectivity index (χ0v) is 11.2. The van der Waals surface area contributed by atoms with Gasteiger partial charge in [0.2, 0.25) is 5.95 Å². The smallest absolute Gasteiger partial charge is 0.226 e. The standard InChI is InChI=1S/C12H10ClFN6/c1-15-12-19-10-9(16-5-17-10)11(20-12)18-8-3-2-6(13)4-7(8)14/h2-5H,1H3,(H3,15,16,17,18,19,20). The van der Waals surface area contributed by atoms with Crippen LogP contribution in [0.5, 0.6) is 0 Å². The number of hydrogen-bond donors (Lipinski definition) is 3. The van der Waals surface area contributed by atoms with Crippen molar-refractivity contribution >= 4 is 40.2 Å². The highest BCUT2D eigenvalue weighted by Gasteiger charge is 2.11. The topological polar surface area (TPSA) is 78.5 Å². The van der Waals surface area contributed by atoms with Crippen molar-refractivity contribution in [2.24, 2.45) is 0 Å². The first-order valence-corrected chi connectivity index (χ1v) is 6.16. The Morgan fingerprint density at radius 1 is 1.30 bits per heavy atom. The molecule has 0 aliphatic heterocycles. The number of imidazole rings is 1. The van der Waals surface area contributed by atoms with Crippen LogP contribution in [0.1, 0.15) is 0 Å². The zero-order valence-electron chi connectivity index (χ0n) is 10.4. The average Bonchev–Trinajstić information content (AvgIpc) is 2.90. The van der Waals surface area contributed by atoms with Gasteiger partial charge >= 0.3 is 0 Å². The second-order valence-electron chi connectivity index (χ2n) is 4.00. The van der Waals surface area contributed by atoms with Gasteiger partial charge in [0.25, 0.3) is 0 Å². The van der Waals surface area contributed by atoms with Gasteiger partial charge in [0.1, 0.15) is 11.3 Å². The van der Waals surface area contributed by atoms with E-state index in [0.717, 1.165) is 0 Å². The van der Waals surface area contributed by atoms with Gasteiger partial charge in [-0.15, -0.1) is 0 Å². The summed E-state index contributed by atoms with van der Waals surface area (Å²) in [6.07, 6.45) is 1.50. The maximum absolute atomic E-state index is 13.8. The summed E-state index contributed by atoms with van der Waals surface area (Å²) in [7, 11) is 1.69. The summed E-state index contributed by atoms with van der Waals surface area (Å²) in [5.41, 5.74) is 1.35. The van der Waals surface area contributed by atoms with Gasteiger partial charge in [0.05, 0.1) is 12.0 Å². The van der Waals surface area contributed by atoms with E-state index < -0.39 is 5.82 Å². The summed E-state index contributed by atoms with van der Waals surface area (Å²) < 4.78 is 13.8. The Hall–Kier alpha value is -2.41. The molecule has 0 bridgehead atoms. The van der Waals surface area contributed by atoms with Gasteiger partial charge in [-0.2, -0.15) is 9.97 Å². The van der Waals surface area contributed by atoms with Crippen molar-refractivity contribution in [2.45, 2.75) is 0 Å². The molecule has 2 aromatic heterocycles. The molecule has 102 valence electrons. The maximum atomic E-state index is 13.8. The lowest BCUT2D eigenvalue weighted by Crippen LogP contribution is -2.02. The Morgan fingerprint density at radius 3 is 2.90 bits per heavy atom. The number of hydrogen-bond acceptors (Lipinski definition) is 5. The fourth-order valence-corrected chi connectivity index (χ4v) is 1.91. The molecule has 3 N–H and O–H groups in total. The lowest BCUT2D eigenvalue weighted by molar-refractivity contribution is 0.632. The monoisotopic (exact) mass is 292 g/mol. The molecule has 0 amide bonds. The van der Waals surface area contributed by atoms with E-state index in [0.29, 0.717) is 28.0 Å². The number of anilines is 3. The van der Waals surface area contributed by atoms with Crippen LogP contribution in [-0.2, 0) is 0 Å². The molecular formula is C12H10ClFN6. The fourth-order valence-electron chi connectivity index (χ4n) is 1.75. The zero-order chi connectivity index (χ0) is 14.1. The van der Waals surface area contributed by atoms with Crippen LogP contribution in [0.4, 0.5) is 21.8 Å². The SMILES string of the molecule is CNc1nc(Nc2ccc(Cl)cc2F)c2[nH]cnc2n1. The van der Waals surface area contributed by atoms with Gasteiger partial charge in [0.15, 0.2) is 11.5 Å². The maximum Gasteiger partial charge on any atom is 0.226 e. The number of halogens is 2. The molecule has 0 fully saturated rings. The van der Waals surface area contributed by atoms with Crippen LogP contribution in [0.25, 0.3) is 11.2 Å². The highest BCUT2D eigenvalue weighted by molar-refractivity contribution is 6.30. The van der Waals surface area contributed by atoms with Crippen molar-refractivity contribution in [1.82, 2.24) is 19.9 Å². The van der Waals surface area contributed by atoms with Crippen molar-refractivity contribution in [2.75, 3.05) is 17.7 Å². The van der Waals surface area contributed by atoms with Crippen molar-refractivity contribution in [3.8, 4) is 0 Å². The minimum atomic E-state index is -0.463. The van der Waals surface area contributed by atoms with Crippen molar-refractivity contribution in [3.63, 3.8) is 0 Å². The first-order chi connectivity index (χ1) is 9.67. The van der Waals surface area contributed by atoms with E-state index in [9.17, 15) is 4.39 Å². The Labute approximate surface area is 118 Å². The highest BCUT2D eigenvalue weighted by atomic mass is 35.5. The number of H-pyrrole nitrogens is 1. The van der Waals surface area contributed by atoms with E-state index in [1.54, 1.807) is 19.2 Å². The van der Waals surface area contributed by atoms with E-state index >= 15 is 0 Å². The van der Waals surface area contributed by atoms with Crippen molar-refractivity contribution in [1.29, 1.82) is 0 Å². The third kappa shape index (κ3) is 2.23. The summed E-state index contributed by atoms with van der Waals surface area (Å²) in [5, 5.41) is 6.07. The number of nitrogens with one attached hydrogen (secondary N) is 3. The van der Waals surface area contributed by atoms with Gasteiger partial charge < -0.3 is 15.6 Å². The molecule has 0 aliphatic rings. The molecule has 0 radical (unpaired) electrons. The van der Waals surface area contributed by atoms with E-state index in [1.165, 1.54) is 12.4 Å². The quantitative estimate of drug-likeness (QED) is 0.692. The van der Waals surface area contributed by atoms with Crippen LogP contribution < -0.4 is 10.6 Å². The summed E-state index contributed by atoms with van der Waals surface area (Å²) in [5.74, 6) is 0.356. The first-order valence-electron chi connectivity index (χ1n) is 5.78. The average molecular weight is 293 g/mol. The molecule has 0 spiro atoms. The summed E-state index contributed by atoms with van der Waals surface area (Å²) in [6.45, 7) is 0. The van der Waals surface area contributed by atoms with Crippen molar-refractivity contribution < 1.29 is 4.39 Å². The molecular weight excluding hydrogens is 283 g/mol. The molecule has 6 nitrogen and oxygen atoms in total. The Kier molecular flexibility index (Phi) is 3.11. The second-order valence-corrected chi connectivity index (χ2v) is 4.43. The number of benzene rings is 1. The molecule has 0 atom stereocenters. The minimum Gasteiger partial charge on any atom is -0.357 e. The summed E-state index contributed by atoms with van der Waals surface area (Å²) in [6, 6.07) is 4.37. The Bertz CT molecular complexity index is 772. The highest BCUT2D eigenvalue weighted by Crippen LogP contribution is 2.25. The van der Waals surface area contributed by atoms with E-state index in [1.807, 2.05) is 0 Å².